The van der Waals surface area contributed by atoms with Gasteiger partial charge in [-0.15, -0.1) is 0 Å². The first kappa shape index (κ1) is 23.2. The minimum Gasteiger partial charge on any atom is -1.00 e. The number of aromatic nitrogens is 1. The second-order valence-corrected chi connectivity index (χ2v) is 5.85. The molecule has 0 aliphatic heterocycles. The summed E-state index contributed by atoms with van der Waals surface area (Å²) in [5.74, 6) is -0.346. The molecule has 0 radical (unpaired) electrons. The van der Waals surface area contributed by atoms with Crippen molar-refractivity contribution in [2.45, 2.75) is 13.5 Å². The molecule has 6 heteroatoms. The van der Waals surface area contributed by atoms with Gasteiger partial charge in [0.1, 0.15) is 0 Å². The third-order valence-electron chi connectivity index (χ3n) is 4.04. The summed E-state index contributed by atoms with van der Waals surface area (Å²) in [6.45, 7) is 2.32. The van der Waals surface area contributed by atoms with Crippen molar-refractivity contribution in [2.24, 2.45) is 0 Å². The number of ketones is 1. The first-order valence-corrected chi connectivity index (χ1v) is 8.52. The first-order chi connectivity index (χ1) is 12.7. The van der Waals surface area contributed by atoms with Gasteiger partial charge in [-0.05, 0) is 18.1 Å². The van der Waals surface area contributed by atoms with E-state index in [4.69, 9.17) is 4.74 Å². The lowest BCUT2D eigenvalue weighted by molar-refractivity contribution is -0.683. The monoisotopic (exact) mass is 443 g/mol. The summed E-state index contributed by atoms with van der Waals surface area (Å²) in [6.07, 6.45) is 3.42. The van der Waals surface area contributed by atoms with Crippen LogP contribution < -0.4 is 21.5 Å². The molecule has 146 valence electrons. The number of hydrogen-bond donors (Lipinski definition) is 0. The highest BCUT2D eigenvalue weighted by molar-refractivity contribution is 5.95. The number of hydrogen-bond acceptors (Lipinski definition) is 3. The second-order valence-electron chi connectivity index (χ2n) is 5.85. The number of ether oxygens (including phenoxy) is 1. The van der Waals surface area contributed by atoms with Gasteiger partial charge in [-0.25, -0.2) is 4.79 Å². The van der Waals surface area contributed by atoms with Crippen molar-refractivity contribution in [1.29, 1.82) is 0 Å². The molecule has 1 heterocycles. The van der Waals surface area contributed by atoms with Gasteiger partial charge in [0.15, 0.2) is 12.4 Å². The van der Waals surface area contributed by atoms with Gasteiger partial charge in [0.2, 0.25) is 12.3 Å². The number of Topliss-reactive ketones (excluding diaryl/α,β-unsaturated/α-hetero) is 1. The van der Waals surface area contributed by atoms with E-state index >= 15 is 0 Å². The fraction of sp³-hybridized carbons (Fsp3) is 0.136. The average Bonchev–Trinajstić information content (AvgIpc) is 2.69. The summed E-state index contributed by atoms with van der Waals surface area (Å²) < 4.78 is 6.70. The van der Waals surface area contributed by atoms with Gasteiger partial charge in [-0.2, -0.15) is 4.57 Å². The molecule has 0 bridgehead atoms. The largest absolute Gasteiger partial charge is 1.00 e. The zero-order chi connectivity index (χ0) is 18.4. The van der Waals surface area contributed by atoms with E-state index in [0.29, 0.717) is 17.7 Å². The van der Waals surface area contributed by atoms with Crippen molar-refractivity contribution in [3.05, 3.63) is 90.3 Å². The number of halogens is 1. The molecule has 2 N–H and O–H groups in total. The van der Waals surface area contributed by atoms with Crippen LogP contribution in [0.15, 0.2) is 79.1 Å². The third-order valence-corrected chi connectivity index (χ3v) is 4.04. The Kier molecular flexibility index (Phi) is 9.21. The molecule has 0 unspecified atom stereocenters. The Hall–Kier alpha value is -2.83. The SMILES string of the molecule is CCOC(=O)c1cc[n+](CC(=O)c2ccc(-c3ccccc3)cc2)cc1.O.[Br-]. The average molecular weight is 444 g/mol. The van der Waals surface area contributed by atoms with E-state index in [1.54, 1.807) is 36.0 Å². The summed E-state index contributed by atoms with van der Waals surface area (Å²) in [4.78, 5) is 24.1. The number of benzene rings is 2. The van der Waals surface area contributed by atoms with Crippen molar-refractivity contribution in [3.8, 4) is 11.1 Å². The lowest BCUT2D eigenvalue weighted by atomic mass is 10.0. The zero-order valence-corrected chi connectivity index (χ0v) is 17.1. The van der Waals surface area contributed by atoms with Gasteiger partial charge in [0, 0.05) is 17.7 Å². The Morgan fingerprint density at radius 1 is 0.821 bits per heavy atom. The van der Waals surface area contributed by atoms with Crippen LogP contribution in [0, 0.1) is 0 Å². The maximum Gasteiger partial charge on any atom is 0.338 e. The molecule has 0 fully saturated rings. The van der Waals surface area contributed by atoms with Crippen LogP contribution in [-0.2, 0) is 11.3 Å². The van der Waals surface area contributed by atoms with Crippen LogP contribution in [0.1, 0.15) is 27.6 Å². The molecule has 0 saturated carbocycles. The van der Waals surface area contributed by atoms with E-state index in [-0.39, 0.29) is 40.8 Å². The van der Waals surface area contributed by atoms with E-state index in [0.717, 1.165) is 11.1 Å². The maximum atomic E-state index is 12.5. The lowest BCUT2D eigenvalue weighted by Gasteiger charge is -2.03. The second kappa shape index (κ2) is 11.1. The van der Waals surface area contributed by atoms with Crippen molar-refractivity contribution in [2.75, 3.05) is 6.61 Å². The van der Waals surface area contributed by atoms with E-state index in [2.05, 4.69) is 0 Å². The molecular formula is C22H22BrNO4. The molecule has 0 aliphatic rings. The van der Waals surface area contributed by atoms with Gasteiger partial charge >= 0.3 is 5.97 Å². The topological polar surface area (TPSA) is 78.8 Å². The van der Waals surface area contributed by atoms with Gasteiger partial charge < -0.3 is 27.2 Å². The molecule has 0 saturated heterocycles. The van der Waals surface area contributed by atoms with Crippen LogP contribution in [0.4, 0.5) is 0 Å². The standard InChI is InChI=1S/C22H20NO3.BrH.H2O/c1-2-26-22(25)20-12-14-23(15-13-20)16-21(24)19-10-8-18(9-11-19)17-6-4-3-5-7-17;;/h3-15H,2,16H2,1H3;1H;1H2/q+1;;/p-1. The molecule has 28 heavy (non-hydrogen) atoms. The predicted octanol–water partition coefficient (Wildman–Crippen LogP) is -0.120. The summed E-state index contributed by atoms with van der Waals surface area (Å²) in [5, 5.41) is 0. The van der Waals surface area contributed by atoms with E-state index in [9.17, 15) is 9.59 Å². The minimum atomic E-state index is -0.359. The molecule has 0 aliphatic carbocycles. The van der Waals surface area contributed by atoms with Gasteiger partial charge in [-0.3, -0.25) is 4.79 Å². The quantitative estimate of drug-likeness (QED) is 0.302. The first-order valence-electron chi connectivity index (χ1n) is 8.52. The summed E-state index contributed by atoms with van der Waals surface area (Å²) in [5.41, 5.74) is 3.33. The molecule has 2 aromatic carbocycles. The Morgan fingerprint density at radius 3 is 1.96 bits per heavy atom. The number of pyridine rings is 1. The summed E-state index contributed by atoms with van der Waals surface area (Å²) in [7, 11) is 0. The molecular weight excluding hydrogens is 422 g/mol. The van der Waals surface area contributed by atoms with Gasteiger partial charge in [0.25, 0.3) is 0 Å². The smallest absolute Gasteiger partial charge is 0.338 e. The number of rotatable bonds is 6. The summed E-state index contributed by atoms with van der Waals surface area (Å²) in [6, 6.07) is 21.0. The van der Waals surface area contributed by atoms with Gasteiger partial charge in [0.05, 0.1) is 12.2 Å². The normalized spacial score (nSPS) is 9.61. The maximum absolute atomic E-state index is 12.5. The number of nitrogens with zero attached hydrogens (tertiary/aromatic N) is 1. The molecule has 5 nitrogen and oxygen atoms in total. The highest BCUT2D eigenvalue weighted by Crippen LogP contribution is 2.19. The highest BCUT2D eigenvalue weighted by atomic mass is 79.9. The number of esters is 1. The predicted molar refractivity (Wildman–Crippen MR) is 102 cm³/mol. The molecule has 0 spiro atoms. The fourth-order valence-corrected chi connectivity index (χ4v) is 2.65. The van der Waals surface area contributed by atoms with E-state index < -0.39 is 0 Å². The van der Waals surface area contributed by atoms with E-state index in [1.165, 1.54) is 0 Å². The Morgan fingerprint density at radius 2 is 1.39 bits per heavy atom. The highest BCUT2D eigenvalue weighted by Gasteiger charge is 2.14. The van der Waals surface area contributed by atoms with Gasteiger partial charge in [-0.1, -0.05) is 54.6 Å². The van der Waals surface area contributed by atoms with Crippen LogP contribution >= 0.6 is 0 Å². The molecule has 1 aromatic heterocycles. The molecule has 0 atom stereocenters. The lowest BCUT2D eigenvalue weighted by Crippen LogP contribution is -3.00. The molecule has 3 rings (SSSR count). The Labute approximate surface area is 174 Å². The van der Waals surface area contributed by atoms with Crippen LogP contribution in [0.25, 0.3) is 11.1 Å². The van der Waals surface area contributed by atoms with Crippen LogP contribution in [0.3, 0.4) is 0 Å². The van der Waals surface area contributed by atoms with Crippen LogP contribution in [0.5, 0.6) is 0 Å². The number of carbonyl (C=O) groups excluding carboxylic acids is 2. The zero-order valence-electron chi connectivity index (χ0n) is 15.5. The Bertz CT molecular complexity index is 894. The van der Waals surface area contributed by atoms with Crippen LogP contribution in [0.2, 0.25) is 0 Å². The van der Waals surface area contributed by atoms with Crippen molar-refractivity contribution in [3.63, 3.8) is 0 Å². The Balaban J connectivity index is 0.00000196. The minimum absolute atomic E-state index is 0. The molecule has 3 aromatic rings. The molecule has 0 amide bonds. The van der Waals surface area contributed by atoms with E-state index in [1.807, 2.05) is 54.6 Å². The summed E-state index contributed by atoms with van der Waals surface area (Å²) >= 11 is 0. The van der Waals surface area contributed by atoms with Crippen LogP contribution in [-0.4, -0.2) is 23.8 Å². The van der Waals surface area contributed by atoms with Crippen molar-refractivity contribution in [1.82, 2.24) is 0 Å². The van der Waals surface area contributed by atoms with Crippen molar-refractivity contribution >= 4 is 11.8 Å². The fourth-order valence-electron chi connectivity index (χ4n) is 2.65. The van der Waals surface area contributed by atoms with Crippen molar-refractivity contribution < 1.29 is 41.4 Å². The number of carbonyl (C=O) groups is 2. The third kappa shape index (κ3) is 5.84.